The molecule has 1 saturated heterocycles. The number of aromatic hydroxyl groups is 1. The van der Waals surface area contributed by atoms with Gasteiger partial charge >= 0.3 is 5.97 Å². The normalized spacial score (nSPS) is 16.8. The Kier molecular flexibility index (Phi) is 25.7. The molecule has 11 amide bonds. The third kappa shape index (κ3) is 20.9. The van der Waals surface area contributed by atoms with Gasteiger partial charge in [0, 0.05) is 19.4 Å². The van der Waals surface area contributed by atoms with Crippen molar-refractivity contribution in [2.45, 2.75) is 139 Å². The number of benzene rings is 2. The highest BCUT2D eigenvalue weighted by Crippen LogP contribution is 2.21. The number of carboxylic acid groups (broad SMARTS) is 1. The van der Waals surface area contributed by atoms with Crippen LogP contribution in [0.2, 0.25) is 0 Å². The van der Waals surface area contributed by atoms with Gasteiger partial charge in [-0.1, -0.05) is 56.3 Å². The molecule has 1 heterocycles. The second-order valence-electron chi connectivity index (χ2n) is 19.4. The number of amides is 11. The zero-order chi connectivity index (χ0) is 59.3. The standard InChI is InChI=1S/C50H72N12O17/c1-24(2)17-31(55-42(70)30(51)20-38(52)67)43(71)54-25(3)41(69)59-35(22-63)47(75)60-36(23-64)46(74)57-33(21-39(53)68)45(73)56-32(18-28-12-14-29(66)15-13-28)44(72)58-34(19-27-9-6-5-7-10-27)49(77)62-16-8-11-37(62)48(76)61-40(26(4)65)50(78)79/h5-7,9-10,12-15,24-26,30-37,40,63-66H,8,11,16-23,51H2,1-4H3,(H2,52,67)(H2,53,68)(H,54,71)(H,55,70)(H,56,73)(H,57,74)(H,58,72)(H,59,69)(H,60,75)(H,61,76)(H,78,79)/t25-,26+,30-,31-,32-,33-,34-,35-,36-,37-,40-/m0/s1. The number of carbonyl (C=O) groups is 12. The molecule has 29 nitrogen and oxygen atoms in total. The molecule has 1 aliphatic rings. The lowest BCUT2D eigenvalue weighted by atomic mass is 10.0. The van der Waals surface area contributed by atoms with Gasteiger partial charge in [0.15, 0.2) is 6.04 Å². The van der Waals surface area contributed by atoms with Crippen molar-refractivity contribution in [3.63, 3.8) is 0 Å². The molecule has 2 aromatic rings. The molecule has 0 radical (unpaired) electrons. The number of phenols is 1. The minimum atomic E-state index is -1.94. The first-order valence-electron chi connectivity index (χ1n) is 25.2. The smallest absolute Gasteiger partial charge is 0.328 e. The van der Waals surface area contributed by atoms with Gasteiger partial charge in [0.1, 0.15) is 54.1 Å². The van der Waals surface area contributed by atoms with Crippen molar-refractivity contribution in [1.82, 2.24) is 47.4 Å². The number of nitrogens with zero attached hydrogens (tertiary/aromatic N) is 1. The molecule has 19 N–H and O–H groups in total. The van der Waals surface area contributed by atoms with Gasteiger partial charge < -0.3 is 90.2 Å². The number of nitrogens with two attached hydrogens (primary N) is 3. The van der Waals surface area contributed by atoms with Gasteiger partial charge in [-0.25, -0.2) is 4.79 Å². The monoisotopic (exact) mass is 1110 g/mol. The lowest BCUT2D eigenvalue weighted by Crippen LogP contribution is -2.62. The van der Waals surface area contributed by atoms with E-state index < -0.39 is 164 Å². The quantitative estimate of drug-likeness (QED) is 0.0334. The van der Waals surface area contributed by atoms with Crippen molar-refractivity contribution in [2.75, 3.05) is 19.8 Å². The summed E-state index contributed by atoms with van der Waals surface area (Å²) in [6.45, 7) is 3.58. The van der Waals surface area contributed by atoms with Crippen molar-refractivity contribution >= 4 is 70.9 Å². The van der Waals surface area contributed by atoms with Crippen LogP contribution in [0.15, 0.2) is 54.6 Å². The minimum absolute atomic E-state index is 0.0120. The van der Waals surface area contributed by atoms with E-state index in [1.54, 1.807) is 44.2 Å². The number of hydrogen-bond donors (Lipinski definition) is 16. The summed E-state index contributed by atoms with van der Waals surface area (Å²) < 4.78 is 0. The molecule has 29 heteroatoms. The molecule has 1 fully saturated rings. The van der Waals surface area contributed by atoms with Crippen molar-refractivity contribution in [2.24, 2.45) is 23.1 Å². The number of carbonyl (C=O) groups excluding carboxylic acids is 11. The van der Waals surface area contributed by atoms with Crippen LogP contribution in [0.1, 0.15) is 70.9 Å². The Labute approximate surface area is 453 Å². The van der Waals surface area contributed by atoms with Gasteiger partial charge in [0.25, 0.3) is 0 Å². The van der Waals surface area contributed by atoms with Crippen LogP contribution < -0.4 is 59.7 Å². The minimum Gasteiger partial charge on any atom is -0.508 e. The van der Waals surface area contributed by atoms with E-state index in [9.17, 15) is 83.1 Å². The largest absolute Gasteiger partial charge is 0.508 e. The molecule has 79 heavy (non-hydrogen) atoms. The van der Waals surface area contributed by atoms with Crippen LogP contribution >= 0.6 is 0 Å². The Morgan fingerprint density at radius 2 is 1.05 bits per heavy atom. The molecule has 0 unspecified atom stereocenters. The first kappa shape index (κ1) is 65.0. The van der Waals surface area contributed by atoms with Crippen molar-refractivity contribution in [3.8, 4) is 5.75 Å². The van der Waals surface area contributed by atoms with E-state index in [4.69, 9.17) is 17.2 Å². The summed E-state index contributed by atoms with van der Waals surface area (Å²) in [7, 11) is 0. The molecule has 0 saturated carbocycles. The molecule has 0 aromatic heterocycles. The fourth-order valence-corrected chi connectivity index (χ4v) is 8.12. The first-order chi connectivity index (χ1) is 37.1. The van der Waals surface area contributed by atoms with Crippen molar-refractivity contribution in [1.29, 1.82) is 0 Å². The van der Waals surface area contributed by atoms with Gasteiger partial charge in [-0.15, -0.1) is 0 Å². The summed E-state index contributed by atoms with van der Waals surface area (Å²) in [5.74, 6) is -13.1. The van der Waals surface area contributed by atoms with Gasteiger partial charge in [0.05, 0.1) is 38.2 Å². The van der Waals surface area contributed by atoms with Crippen LogP contribution in [0.3, 0.4) is 0 Å². The fourth-order valence-electron chi connectivity index (χ4n) is 8.12. The summed E-state index contributed by atoms with van der Waals surface area (Å²) in [4.78, 5) is 159. The number of nitrogens with one attached hydrogen (secondary N) is 8. The molecular formula is C50H72N12O17. The Morgan fingerprint density at radius 1 is 0.582 bits per heavy atom. The number of hydrogen-bond acceptors (Lipinski definition) is 17. The number of aliphatic hydroxyl groups excluding tert-OH is 3. The molecular weight excluding hydrogens is 1040 g/mol. The SMILES string of the molecule is CC(C)C[C@H](NC(=O)[C@@H](N)CC(N)=O)C(=O)N[C@@H](C)C(=O)N[C@@H](CO)C(=O)N[C@@H](CO)C(=O)N[C@@H](CC(N)=O)C(=O)N[C@@H](Cc1ccc(O)cc1)C(=O)N[C@@H](Cc1ccccc1)C(=O)N1CCC[C@H]1C(=O)N[C@H](C(=O)O)[C@@H](C)O. The van der Waals surface area contributed by atoms with Crippen molar-refractivity contribution < 1.29 is 83.1 Å². The van der Waals surface area contributed by atoms with Crippen LogP contribution in [-0.2, 0) is 70.4 Å². The Bertz CT molecular complexity index is 2500. The van der Waals surface area contributed by atoms with Gasteiger partial charge in [-0.05, 0) is 62.3 Å². The second kappa shape index (κ2) is 31.2. The third-order valence-corrected chi connectivity index (χ3v) is 12.3. The number of phenolic OH excluding ortho intramolecular Hbond substituents is 1. The predicted octanol–water partition coefficient (Wildman–Crippen LogP) is -6.36. The van der Waals surface area contributed by atoms with Gasteiger partial charge in [0.2, 0.25) is 65.0 Å². The highest BCUT2D eigenvalue weighted by atomic mass is 16.4. The van der Waals surface area contributed by atoms with E-state index in [1.165, 1.54) is 31.2 Å². The number of aliphatic carboxylic acids is 1. The van der Waals surface area contributed by atoms with E-state index >= 15 is 0 Å². The van der Waals surface area contributed by atoms with Crippen LogP contribution in [0, 0.1) is 5.92 Å². The molecule has 1 aliphatic heterocycles. The first-order valence-corrected chi connectivity index (χ1v) is 25.2. The zero-order valence-electron chi connectivity index (χ0n) is 44.0. The van der Waals surface area contributed by atoms with Gasteiger partial charge in [-0.2, -0.15) is 0 Å². The summed E-state index contributed by atoms with van der Waals surface area (Å²) in [5, 5.41) is 68.4. The summed E-state index contributed by atoms with van der Waals surface area (Å²) in [6, 6.07) is -2.00. The highest BCUT2D eigenvalue weighted by Gasteiger charge is 2.41. The molecule has 434 valence electrons. The molecule has 2 aromatic carbocycles. The average Bonchev–Trinajstić information content (AvgIpc) is 3.94. The van der Waals surface area contributed by atoms with E-state index in [2.05, 4.69) is 42.5 Å². The van der Waals surface area contributed by atoms with Crippen LogP contribution in [0.5, 0.6) is 5.75 Å². The summed E-state index contributed by atoms with van der Waals surface area (Å²) in [5.41, 5.74) is 17.2. The second-order valence-corrected chi connectivity index (χ2v) is 19.4. The van der Waals surface area contributed by atoms with Crippen molar-refractivity contribution in [3.05, 3.63) is 65.7 Å². The third-order valence-electron chi connectivity index (χ3n) is 12.3. The predicted molar refractivity (Wildman–Crippen MR) is 276 cm³/mol. The molecule has 0 spiro atoms. The molecule has 0 aliphatic carbocycles. The molecule has 0 bridgehead atoms. The van der Waals surface area contributed by atoms with E-state index in [1.807, 2.05) is 0 Å². The lowest BCUT2D eigenvalue weighted by Gasteiger charge is -2.31. The maximum absolute atomic E-state index is 14.5. The zero-order valence-corrected chi connectivity index (χ0v) is 44.0. The Morgan fingerprint density at radius 3 is 1.58 bits per heavy atom. The summed E-state index contributed by atoms with van der Waals surface area (Å²) in [6.07, 6.45) is -2.98. The van der Waals surface area contributed by atoms with E-state index in [0.717, 1.165) is 11.8 Å². The maximum Gasteiger partial charge on any atom is 0.328 e. The maximum atomic E-state index is 14.5. The number of likely N-dealkylation sites (tertiary alicyclic amines) is 1. The van der Waals surface area contributed by atoms with Crippen LogP contribution in [-0.4, -0.2) is 188 Å². The van der Waals surface area contributed by atoms with Crippen LogP contribution in [0.4, 0.5) is 0 Å². The number of carboxylic acids is 1. The number of aliphatic hydroxyl groups is 3. The Hall–Kier alpha value is -8.28. The van der Waals surface area contributed by atoms with Crippen LogP contribution in [0.25, 0.3) is 0 Å². The molecule has 3 rings (SSSR count). The van der Waals surface area contributed by atoms with Gasteiger partial charge in [-0.3, -0.25) is 52.7 Å². The molecule has 11 atom stereocenters. The number of primary amides is 2. The fraction of sp³-hybridized carbons (Fsp3) is 0.520. The highest BCUT2D eigenvalue weighted by molar-refractivity contribution is 6.00. The average molecular weight is 1110 g/mol. The lowest BCUT2D eigenvalue weighted by molar-refractivity contribution is -0.147. The van der Waals surface area contributed by atoms with E-state index in [0.29, 0.717) is 17.5 Å². The van der Waals surface area contributed by atoms with E-state index in [-0.39, 0.29) is 43.9 Å². The number of rotatable bonds is 31. The topological polar surface area (TPSA) is 484 Å². The Balaban J connectivity index is 1.84. The summed E-state index contributed by atoms with van der Waals surface area (Å²) >= 11 is 0.